The summed E-state index contributed by atoms with van der Waals surface area (Å²) in [5, 5.41) is 3.48. The number of rotatable bonds is 4. The van der Waals surface area contributed by atoms with Gasteiger partial charge < -0.3 is 15.1 Å². The van der Waals surface area contributed by atoms with Gasteiger partial charge in [0, 0.05) is 32.7 Å². The molecule has 94 valence electrons. The van der Waals surface area contributed by atoms with Crippen molar-refractivity contribution in [1.82, 2.24) is 5.32 Å². The molecule has 17 heavy (non-hydrogen) atoms. The van der Waals surface area contributed by atoms with E-state index in [0.29, 0.717) is 6.04 Å². The average Bonchev–Trinajstić information content (AvgIpc) is 2.34. The standard InChI is InChI=1S/C14H23N3/c1-4-15-12(2)11-17-10-9-16(3)13-7-5-6-8-14(13)17/h5-8,12,15H,4,9-11H2,1-3H3. The molecule has 1 unspecified atom stereocenters. The summed E-state index contributed by atoms with van der Waals surface area (Å²) in [5.74, 6) is 0. The summed E-state index contributed by atoms with van der Waals surface area (Å²) < 4.78 is 0. The third kappa shape index (κ3) is 2.72. The van der Waals surface area contributed by atoms with Crippen molar-refractivity contribution in [1.29, 1.82) is 0 Å². The van der Waals surface area contributed by atoms with Crippen LogP contribution in [0, 0.1) is 0 Å². The lowest BCUT2D eigenvalue weighted by Crippen LogP contribution is -2.45. The van der Waals surface area contributed by atoms with Gasteiger partial charge in [0.1, 0.15) is 0 Å². The largest absolute Gasteiger partial charge is 0.371 e. The Morgan fingerprint density at radius 1 is 1.24 bits per heavy atom. The number of nitrogens with zero attached hydrogens (tertiary/aromatic N) is 2. The number of hydrogen-bond acceptors (Lipinski definition) is 3. The van der Waals surface area contributed by atoms with E-state index in [-0.39, 0.29) is 0 Å². The Hall–Kier alpha value is -1.22. The minimum absolute atomic E-state index is 0.538. The molecule has 0 bridgehead atoms. The number of benzene rings is 1. The highest BCUT2D eigenvalue weighted by Crippen LogP contribution is 2.31. The first-order valence-corrected chi connectivity index (χ1v) is 6.51. The minimum Gasteiger partial charge on any atom is -0.371 e. The summed E-state index contributed by atoms with van der Waals surface area (Å²) in [4.78, 5) is 4.83. The summed E-state index contributed by atoms with van der Waals surface area (Å²) in [7, 11) is 2.17. The lowest BCUT2D eigenvalue weighted by molar-refractivity contribution is 0.547. The lowest BCUT2D eigenvalue weighted by Gasteiger charge is -2.38. The Labute approximate surface area is 104 Å². The predicted octanol–water partition coefficient (Wildman–Crippen LogP) is 1.94. The van der Waals surface area contributed by atoms with Gasteiger partial charge in [-0.2, -0.15) is 0 Å². The molecule has 0 aromatic heterocycles. The van der Waals surface area contributed by atoms with E-state index in [4.69, 9.17) is 0 Å². The van der Waals surface area contributed by atoms with Gasteiger partial charge in [0.25, 0.3) is 0 Å². The van der Waals surface area contributed by atoms with Crippen LogP contribution in [0.2, 0.25) is 0 Å². The van der Waals surface area contributed by atoms with Crippen molar-refractivity contribution in [3.8, 4) is 0 Å². The zero-order chi connectivity index (χ0) is 12.3. The predicted molar refractivity (Wildman–Crippen MR) is 75.1 cm³/mol. The van der Waals surface area contributed by atoms with Gasteiger partial charge in [0.15, 0.2) is 0 Å². The van der Waals surface area contributed by atoms with E-state index in [1.165, 1.54) is 11.4 Å². The third-order valence-corrected chi connectivity index (χ3v) is 3.39. The molecular formula is C14H23N3. The second kappa shape index (κ2) is 5.41. The molecule has 0 radical (unpaired) electrons. The van der Waals surface area contributed by atoms with E-state index in [0.717, 1.165) is 26.2 Å². The molecule has 0 saturated carbocycles. The molecular weight excluding hydrogens is 210 g/mol. The number of likely N-dealkylation sites (N-methyl/N-ethyl adjacent to an activating group) is 2. The lowest BCUT2D eigenvalue weighted by atomic mass is 10.1. The van der Waals surface area contributed by atoms with Crippen molar-refractivity contribution in [3.63, 3.8) is 0 Å². The van der Waals surface area contributed by atoms with E-state index in [9.17, 15) is 0 Å². The molecule has 2 rings (SSSR count). The van der Waals surface area contributed by atoms with Crippen LogP contribution in [0.15, 0.2) is 24.3 Å². The van der Waals surface area contributed by atoms with Crippen LogP contribution < -0.4 is 15.1 Å². The fraction of sp³-hybridized carbons (Fsp3) is 0.571. The summed E-state index contributed by atoms with van der Waals surface area (Å²) in [5.41, 5.74) is 2.72. The molecule has 0 amide bonds. The van der Waals surface area contributed by atoms with Gasteiger partial charge in [-0.05, 0) is 25.6 Å². The molecule has 1 aromatic carbocycles. The fourth-order valence-corrected chi connectivity index (χ4v) is 2.50. The first-order chi connectivity index (χ1) is 8.22. The first kappa shape index (κ1) is 12.2. The normalized spacial score (nSPS) is 16.9. The second-order valence-electron chi connectivity index (χ2n) is 4.82. The first-order valence-electron chi connectivity index (χ1n) is 6.51. The molecule has 0 fully saturated rings. The molecule has 1 N–H and O–H groups in total. The topological polar surface area (TPSA) is 18.5 Å². The Morgan fingerprint density at radius 3 is 2.65 bits per heavy atom. The van der Waals surface area contributed by atoms with Crippen LogP contribution in [-0.2, 0) is 0 Å². The average molecular weight is 233 g/mol. The Bertz CT molecular complexity index is 364. The smallest absolute Gasteiger partial charge is 0.0605 e. The maximum absolute atomic E-state index is 3.48. The van der Waals surface area contributed by atoms with Crippen molar-refractivity contribution in [2.24, 2.45) is 0 Å². The number of anilines is 2. The van der Waals surface area contributed by atoms with Crippen LogP contribution in [0.25, 0.3) is 0 Å². The summed E-state index contributed by atoms with van der Waals surface area (Å²) >= 11 is 0. The van der Waals surface area contributed by atoms with E-state index < -0.39 is 0 Å². The quantitative estimate of drug-likeness (QED) is 0.857. The van der Waals surface area contributed by atoms with Gasteiger partial charge in [-0.3, -0.25) is 0 Å². The van der Waals surface area contributed by atoms with Gasteiger partial charge in [-0.1, -0.05) is 19.1 Å². The fourth-order valence-electron chi connectivity index (χ4n) is 2.50. The van der Waals surface area contributed by atoms with Crippen molar-refractivity contribution in [3.05, 3.63) is 24.3 Å². The van der Waals surface area contributed by atoms with Gasteiger partial charge in [0.05, 0.1) is 11.4 Å². The maximum atomic E-state index is 3.48. The van der Waals surface area contributed by atoms with Gasteiger partial charge >= 0.3 is 0 Å². The SMILES string of the molecule is CCNC(C)CN1CCN(C)c2ccccc21. The van der Waals surface area contributed by atoms with Gasteiger partial charge in [0.2, 0.25) is 0 Å². The Balaban J connectivity index is 2.13. The third-order valence-electron chi connectivity index (χ3n) is 3.39. The number of para-hydroxylation sites is 2. The summed E-state index contributed by atoms with van der Waals surface area (Å²) in [6, 6.07) is 9.22. The highest BCUT2D eigenvalue weighted by atomic mass is 15.3. The monoisotopic (exact) mass is 233 g/mol. The molecule has 1 aliphatic heterocycles. The van der Waals surface area contributed by atoms with Crippen molar-refractivity contribution in [2.75, 3.05) is 43.0 Å². The summed E-state index contributed by atoms with van der Waals surface area (Å²) in [6.07, 6.45) is 0. The van der Waals surface area contributed by atoms with Crippen LogP contribution in [0.5, 0.6) is 0 Å². The molecule has 0 spiro atoms. The maximum Gasteiger partial charge on any atom is 0.0605 e. The highest BCUT2D eigenvalue weighted by Gasteiger charge is 2.20. The van der Waals surface area contributed by atoms with Crippen LogP contribution in [0.1, 0.15) is 13.8 Å². The molecule has 1 atom stereocenters. The zero-order valence-electron chi connectivity index (χ0n) is 11.1. The summed E-state index contributed by atoms with van der Waals surface area (Å²) in [6.45, 7) is 8.76. The minimum atomic E-state index is 0.538. The Kier molecular flexibility index (Phi) is 3.89. The van der Waals surface area contributed by atoms with E-state index in [2.05, 4.69) is 60.3 Å². The molecule has 0 aliphatic carbocycles. The molecule has 1 aliphatic rings. The van der Waals surface area contributed by atoms with E-state index >= 15 is 0 Å². The number of fused-ring (bicyclic) bond motifs is 1. The van der Waals surface area contributed by atoms with Crippen LogP contribution >= 0.6 is 0 Å². The number of hydrogen-bond donors (Lipinski definition) is 1. The molecule has 1 heterocycles. The zero-order valence-corrected chi connectivity index (χ0v) is 11.1. The molecule has 3 nitrogen and oxygen atoms in total. The highest BCUT2D eigenvalue weighted by molar-refractivity contribution is 5.73. The van der Waals surface area contributed by atoms with Crippen molar-refractivity contribution >= 4 is 11.4 Å². The van der Waals surface area contributed by atoms with E-state index in [1.807, 2.05) is 0 Å². The van der Waals surface area contributed by atoms with Crippen molar-refractivity contribution < 1.29 is 0 Å². The van der Waals surface area contributed by atoms with Crippen molar-refractivity contribution in [2.45, 2.75) is 19.9 Å². The second-order valence-corrected chi connectivity index (χ2v) is 4.82. The molecule has 1 aromatic rings. The van der Waals surface area contributed by atoms with Gasteiger partial charge in [-0.25, -0.2) is 0 Å². The molecule has 0 saturated heterocycles. The van der Waals surface area contributed by atoms with E-state index in [1.54, 1.807) is 0 Å². The Morgan fingerprint density at radius 2 is 1.94 bits per heavy atom. The number of nitrogens with one attached hydrogen (secondary N) is 1. The van der Waals surface area contributed by atoms with Crippen LogP contribution in [0.4, 0.5) is 11.4 Å². The van der Waals surface area contributed by atoms with Gasteiger partial charge in [-0.15, -0.1) is 0 Å². The van der Waals surface area contributed by atoms with Crippen LogP contribution in [-0.4, -0.2) is 39.3 Å². The molecule has 3 heteroatoms. The van der Waals surface area contributed by atoms with Crippen LogP contribution in [0.3, 0.4) is 0 Å².